The second kappa shape index (κ2) is 48.7. The number of rotatable bonds is 50. The van der Waals surface area contributed by atoms with E-state index < -0.39 is 24.3 Å². The highest BCUT2D eigenvalue weighted by molar-refractivity contribution is 5.70. The molecule has 0 amide bonds. The SMILES string of the molecule is CC/C=C\C/C=C\C/C=C\C/C=C\CCCCCCCCCCCCCCCCCCCCC(=O)OC(COC(=O)CCCCCCCCCCCC)COC(OCC[N+](C)(C)C)C(=O)[O-]. The summed E-state index contributed by atoms with van der Waals surface area (Å²) in [6.45, 7) is 4.63. The molecule has 384 valence electrons. The summed E-state index contributed by atoms with van der Waals surface area (Å²) in [5, 5.41) is 11.7. The second-order valence-corrected chi connectivity index (χ2v) is 19.5. The highest BCUT2D eigenvalue weighted by Crippen LogP contribution is 2.16. The van der Waals surface area contributed by atoms with Gasteiger partial charge in [-0.25, -0.2) is 0 Å². The van der Waals surface area contributed by atoms with Crippen LogP contribution in [0.15, 0.2) is 48.6 Å². The van der Waals surface area contributed by atoms with Crippen molar-refractivity contribution in [2.75, 3.05) is 47.5 Å². The van der Waals surface area contributed by atoms with Gasteiger partial charge in [0.2, 0.25) is 0 Å². The molecule has 0 bridgehead atoms. The van der Waals surface area contributed by atoms with E-state index in [0.717, 1.165) is 57.8 Å². The van der Waals surface area contributed by atoms with E-state index in [1.807, 2.05) is 21.1 Å². The van der Waals surface area contributed by atoms with Gasteiger partial charge in [0.15, 0.2) is 12.4 Å². The van der Waals surface area contributed by atoms with Crippen LogP contribution in [0.4, 0.5) is 0 Å². The van der Waals surface area contributed by atoms with Gasteiger partial charge in [0.05, 0.1) is 40.3 Å². The molecular weight excluding hydrogens is 827 g/mol. The molecule has 0 saturated carbocycles. The molecule has 9 heteroatoms. The summed E-state index contributed by atoms with van der Waals surface area (Å²) < 4.78 is 22.6. The first-order valence-electron chi connectivity index (χ1n) is 27.3. The van der Waals surface area contributed by atoms with E-state index in [0.29, 0.717) is 23.9 Å². The van der Waals surface area contributed by atoms with Crippen LogP contribution in [0, 0.1) is 0 Å². The van der Waals surface area contributed by atoms with Crippen LogP contribution in [0.2, 0.25) is 0 Å². The van der Waals surface area contributed by atoms with Crippen LogP contribution < -0.4 is 5.11 Å². The molecule has 0 aliphatic heterocycles. The average molecular weight is 930 g/mol. The predicted octanol–water partition coefficient (Wildman–Crippen LogP) is 14.2. The minimum atomic E-state index is -1.62. The van der Waals surface area contributed by atoms with Crippen molar-refractivity contribution in [2.24, 2.45) is 0 Å². The van der Waals surface area contributed by atoms with Crippen molar-refractivity contribution in [1.29, 1.82) is 0 Å². The number of unbranched alkanes of at least 4 members (excludes halogenated alkanes) is 27. The Morgan fingerprint density at radius 3 is 1.29 bits per heavy atom. The number of carboxylic acid groups (broad SMARTS) is 1. The molecule has 0 saturated heterocycles. The van der Waals surface area contributed by atoms with Crippen molar-refractivity contribution in [2.45, 2.75) is 251 Å². The molecule has 2 unspecified atom stereocenters. The Balaban J connectivity index is 4.07. The molecule has 66 heavy (non-hydrogen) atoms. The number of esters is 2. The molecule has 0 radical (unpaired) electrons. The summed E-state index contributed by atoms with van der Waals surface area (Å²) in [5.41, 5.74) is 0. The van der Waals surface area contributed by atoms with E-state index in [-0.39, 0.29) is 32.2 Å². The monoisotopic (exact) mass is 930 g/mol. The first-order valence-corrected chi connectivity index (χ1v) is 27.3. The standard InChI is InChI=1S/C57H103NO8/c1-6-8-10-12-14-16-18-19-20-21-22-23-24-25-26-27-28-29-30-31-32-33-34-35-36-37-38-40-42-44-46-48-55(60)66-53(52-65-57(56(61)62)63-50-49-58(3,4)5)51-64-54(59)47-45-43-41-39-17-15-13-11-9-7-2/h8,10,14,16,19-20,22-23,53,57H,6-7,9,11-13,15,17-18,21,24-52H2,1-5H3/b10-8-,16-14-,20-19-,23-22-. The number of carbonyl (C=O) groups is 3. The molecule has 0 N–H and O–H groups in total. The fourth-order valence-electron chi connectivity index (χ4n) is 7.65. The lowest BCUT2D eigenvalue weighted by Gasteiger charge is -2.26. The minimum absolute atomic E-state index is 0.149. The Morgan fingerprint density at radius 2 is 0.864 bits per heavy atom. The molecule has 2 atom stereocenters. The summed E-state index contributed by atoms with van der Waals surface area (Å²) in [4.78, 5) is 37.1. The van der Waals surface area contributed by atoms with Gasteiger partial charge in [0.1, 0.15) is 13.2 Å². The van der Waals surface area contributed by atoms with Crippen LogP contribution in [-0.2, 0) is 33.3 Å². The molecule has 0 aliphatic carbocycles. The van der Waals surface area contributed by atoms with E-state index in [4.69, 9.17) is 18.9 Å². The molecule has 0 aromatic heterocycles. The van der Waals surface area contributed by atoms with Gasteiger partial charge in [-0.3, -0.25) is 9.59 Å². The lowest BCUT2D eigenvalue weighted by molar-refractivity contribution is -0.870. The van der Waals surface area contributed by atoms with Crippen LogP contribution in [0.25, 0.3) is 0 Å². The number of hydrogen-bond donors (Lipinski definition) is 0. The Morgan fingerprint density at radius 1 is 0.470 bits per heavy atom. The van der Waals surface area contributed by atoms with Gasteiger partial charge >= 0.3 is 11.9 Å². The van der Waals surface area contributed by atoms with Crippen molar-refractivity contribution in [1.82, 2.24) is 0 Å². The number of allylic oxidation sites excluding steroid dienone is 8. The maximum absolute atomic E-state index is 12.8. The normalized spacial score (nSPS) is 13.2. The van der Waals surface area contributed by atoms with Gasteiger partial charge in [0, 0.05) is 12.8 Å². The zero-order valence-electron chi connectivity index (χ0n) is 43.6. The third-order valence-corrected chi connectivity index (χ3v) is 11.8. The second-order valence-electron chi connectivity index (χ2n) is 19.5. The molecule has 0 aromatic carbocycles. The van der Waals surface area contributed by atoms with Gasteiger partial charge < -0.3 is 33.3 Å². The molecule has 0 aliphatic rings. The fourth-order valence-corrected chi connectivity index (χ4v) is 7.65. The Labute approximate surface area is 406 Å². The average Bonchev–Trinajstić information content (AvgIpc) is 3.28. The highest BCUT2D eigenvalue weighted by atomic mass is 16.7. The van der Waals surface area contributed by atoms with Crippen LogP contribution in [-0.4, -0.2) is 82.3 Å². The summed E-state index contributed by atoms with van der Waals surface area (Å²) in [6, 6.07) is 0. The third kappa shape index (κ3) is 49.2. The number of quaternary nitrogens is 1. The topological polar surface area (TPSA) is 111 Å². The van der Waals surface area contributed by atoms with E-state index in [1.54, 1.807) is 0 Å². The Hall–Kier alpha value is -2.75. The first-order chi connectivity index (χ1) is 32.1. The van der Waals surface area contributed by atoms with Crippen LogP contribution in [0.1, 0.15) is 239 Å². The number of hydrogen-bond acceptors (Lipinski definition) is 8. The lowest BCUT2D eigenvalue weighted by atomic mass is 10.0. The van der Waals surface area contributed by atoms with Crippen molar-refractivity contribution in [3.05, 3.63) is 48.6 Å². The maximum atomic E-state index is 12.8. The summed E-state index contributed by atoms with van der Waals surface area (Å²) >= 11 is 0. The zero-order chi connectivity index (χ0) is 48.4. The largest absolute Gasteiger partial charge is 0.545 e. The molecule has 0 fully saturated rings. The maximum Gasteiger partial charge on any atom is 0.306 e. The van der Waals surface area contributed by atoms with Crippen molar-refractivity contribution >= 4 is 17.9 Å². The number of likely N-dealkylation sites (N-methyl/N-ethyl adjacent to an activating group) is 1. The van der Waals surface area contributed by atoms with Gasteiger partial charge in [0.25, 0.3) is 0 Å². The Bertz CT molecular complexity index is 1220. The lowest BCUT2D eigenvalue weighted by Crippen LogP contribution is -2.44. The number of carboxylic acids is 1. The summed E-state index contributed by atoms with van der Waals surface area (Å²) in [6.07, 6.45) is 56.0. The minimum Gasteiger partial charge on any atom is -0.545 e. The quantitative estimate of drug-likeness (QED) is 0.0195. The highest BCUT2D eigenvalue weighted by Gasteiger charge is 2.22. The van der Waals surface area contributed by atoms with E-state index in [9.17, 15) is 19.5 Å². The van der Waals surface area contributed by atoms with E-state index in [2.05, 4.69) is 62.5 Å². The fraction of sp³-hybridized carbons (Fsp3) is 0.807. The number of ether oxygens (including phenoxy) is 4. The first kappa shape index (κ1) is 63.2. The number of carbonyl (C=O) groups excluding carboxylic acids is 3. The van der Waals surface area contributed by atoms with Gasteiger partial charge in [-0.15, -0.1) is 0 Å². The predicted molar refractivity (Wildman–Crippen MR) is 274 cm³/mol. The zero-order valence-corrected chi connectivity index (χ0v) is 43.6. The number of aliphatic carboxylic acids is 1. The van der Waals surface area contributed by atoms with Crippen LogP contribution in [0.3, 0.4) is 0 Å². The molecule has 0 aromatic rings. The van der Waals surface area contributed by atoms with E-state index >= 15 is 0 Å². The third-order valence-electron chi connectivity index (χ3n) is 11.8. The van der Waals surface area contributed by atoms with Crippen molar-refractivity contribution < 1.29 is 42.9 Å². The summed E-state index contributed by atoms with van der Waals surface area (Å²) in [7, 11) is 5.92. The molecule has 0 heterocycles. The van der Waals surface area contributed by atoms with Crippen molar-refractivity contribution in [3.63, 3.8) is 0 Å². The van der Waals surface area contributed by atoms with E-state index in [1.165, 1.54) is 148 Å². The smallest absolute Gasteiger partial charge is 0.306 e. The molecule has 9 nitrogen and oxygen atoms in total. The van der Waals surface area contributed by atoms with Crippen LogP contribution >= 0.6 is 0 Å². The van der Waals surface area contributed by atoms with Gasteiger partial charge in [-0.2, -0.15) is 0 Å². The van der Waals surface area contributed by atoms with Gasteiger partial charge in [-0.1, -0.05) is 223 Å². The van der Waals surface area contributed by atoms with Gasteiger partial charge in [-0.05, 0) is 51.4 Å². The molecule has 0 spiro atoms. The van der Waals surface area contributed by atoms with Crippen molar-refractivity contribution in [3.8, 4) is 0 Å². The Kier molecular flexibility index (Phi) is 46.7. The summed E-state index contributed by atoms with van der Waals surface area (Å²) in [5.74, 6) is -2.27. The number of nitrogens with zero attached hydrogens (tertiary/aromatic N) is 1. The van der Waals surface area contributed by atoms with Crippen LogP contribution in [0.5, 0.6) is 0 Å². The molecule has 0 rings (SSSR count). The molecular formula is C57H103NO8.